The SMILES string of the molecule is COc1cc2c(cc1OC)CC(NNC(=S)Nc1ccccc1)=NC=C2. The molecule has 0 spiro atoms. The third-order valence-corrected chi connectivity index (χ3v) is 4.04. The standard InChI is InChI=1S/C19H20N4O2S/c1-24-16-10-13-8-9-20-18(12-14(13)11-17(16)25-2)22-23-19(26)21-15-6-4-3-5-7-15/h3-11H,12H2,1-2H3,(H,20,22)(H2,21,23,26). The molecular weight excluding hydrogens is 348 g/mol. The summed E-state index contributed by atoms with van der Waals surface area (Å²) in [5.74, 6) is 2.12. The number of hydrogen-bond donors (Lipinski definition) is 3. The molecule has 2 aromatic carbocycles. The third-order valence-electron chi connectivity index (χ3n) is 3.84. The van der Waals surface area contributed by atoms with E-state index in [0.29, 0.717) is 23.0 Å². The Morgan fingerprint density at radius 3 is 2.54 bits per heavy atom. The lowest BCUT2D eigenvalue weighted by atomic mass is 10.0. The van der Waals surface area contributed by atoms with Crippen molar-refractivity contribution in [2.45, 2.75) is 6.42 Å². The maximum Gasteiger partial charge on any atom is 0.189 e. The molecule has 0 aliphatic carbocycles. The number of para-hydroxylation sites is 1. The van der Waals surface area contributed by atoms with Crippen molar-refractivity contribution in [3.8, 4) is 11.5 Å². The Labute approximate surface area is 157 Å². The van der Waals surface area contributed by atoms with Crippen LogP contribution in [-0.4, -0.2) is 25.2 Å². The molecule has 0 fully saturated rings. The molecule has 1 aliphatic rings. The molecule has 0 aromatic heterocycles. The highest BCUT2D eigenvalue weighted by molar-refractivity contribution is 7.80. The van der Waals surface area contributed by atoms with Crippen LogP contribution in [0, 0.1) is 0 Å². The van der Waals surface area contributed by atoms with E-state index < -0.39 is 0 Å². The first-order chi connectivity index (χ1) is 12.7. The Balaban J connectivity index is 1.65. The van der Waals surface area contributed by atoms with Gasteiger partial charge in [0.15, 0.2) is 16.6 Å². The summed E-state index contributed by atoms with van der Waals surface area (Å²) in [6.07, 6.45) is 4.28. The van der Waals surface area contributed by atoms with Gasteiger partial charge in [0.2, 0.25) is 0 Å². The molecule has 3 N–H and O–H groups in total. The van der Waals surface area contributed by atoms with Crippen LogP contribution in [0.3, 0.4) is 0 Å². The quantitative estimate of drug-likeness (QED) is 0.571. The molecule has 1 heterocycles. The van der Waals surface area contributed by atoms with Gasteiger partial charge in [0, 0.05) is 18.3 Å². The second-order valence-corrected chi connectivity index (χ2v) is 5.95. The van der Waals surface area contributed by atoms with Crippen molar-refractivity contribution in [1.29, 1.82) is 0 Å². The van der Waals surface area contributed by atoms with Crippen LogP contribution in [0.1, 0.15) is 11.1 Å². The highest BCUT2D eigenvalue weighted by Gasteiger charge is 2.13. The second-order valence-electron chi connectivity index (χ2n) is 5.54. The van der Waals surface area contributed by atoms with Gasteiger partial charge >= 0.3 is 0 Å². The fourth-order valence-corrected chi connectivity index (χ4v) is 2.74. The van der Waals surface area contributed by atoms with Crippen LogP contribution < -0.4 is 25.6 Å². The number of thiocarbonyl (C=S) groups is 1. The number of nitrogens with zero attached hydrogens (tertiary/aromatic N) is 1. The minimum absolute atomic E-state index is 0.458. The first-order valence-electron chi connectivity index (χ1n) is 8.06. The molecule has 0 unspecified atom stereocenters. The van der Waals surface area contributed by atoms with Crippen molar-refractivity contribution < 1.29 is 9.47 Å². The molecule has 26 heavy (non-hydrogen) atoms. The minimum Gasteiger partial charge on any atom is -0.493 e. The van der Waals surface area contributed by atoms with Crippen LogP contribution in [0.5, 0.6) is 11.5 Å². The van der Waals surface area contributed by atoms with Crippen molar-refractivity contribution in [2.24, 2.45) is 4.99 Å². The Morgan fingerprint density at radius 2 is 1.81 bits per heavy atom. The fourth-order valence-electron chi connectivity index (χ4n) is 2.57. The summed E-state index contributed by atoms with van der Waals surface area (Å²) >= 11 is 5.29. The fraction of sp³-hybridized carbons (Fsp3) is 0.158. The van der Waals surface area contributed by atoms with Gasteiger partial charge in [-0.15, -0.1) is 0 Å². The Morgan fingerprint density at radius 1 is 1.08 bits per heavy atom. The summed E-state index contributed by atoms with van der Waals surface area (Å²) in [7, 11) is 3.25. The van der Waals surface area contributed by atoms with Gasteiger partial charge in [-0.2, -0.15) is 0 Å². The molecule has 3 rings (SSSR count). The van der Waals surface area contributed by atoms with Crippen LogP contribution in [-0.2, 0) is 6.42 Å². The van der Waals surface area contributed by atoms with E-state index in [2.05, 4.69) is 21.2 Å². The number of fused-ring (bicyclic) bond motifs is 1. The number of nitrogens with one attached hydrogen (secondary N) is 3. The smallest absolute Gasteiger partial charge is 0.189 e. The molecular formula is C19H20N4O2S. The van der Waals surface area contributed by atoms with Crippen LogP contribution >= 0.6 is 12.2 Å². The molecule has 1 aliphatic heterocycles. The van der Waals surface area contributed by atoms with Gasteiger partial charge in [0.25, 0.3) is 0 Å². The summed E-state index contributed by atoms with van der Waals surface area (Å²) in [4.78, 5) is 4.42. The van der Waals surface area contributed by atoms with Crippen LogP contribution in [0.15, 0.2) is 53.7 Å². The molecule has 0 bridgehead atoms. The van der Waals surface area contributed by atoms with Crippen LogP contribution in [0.2, 0.25) is 0 Å². The van der Waals surface area contributed by atoms with Gasteiger partial charge in [-0.25, -0.2) is 4.99 Å². The number of rotatable bonds is 3. The molecule has 7 heteroatoms. The average molecular weight is 368 g/mol. The predicted molar refractivity (Wildman–Crippen MR) is 109 cm³/mol. The van der Waals surface area contributed by atoms with Crippen molar-refractivity contribution >= 4 is 34.9 Å². The predicted octanol–water partition coefficient (Wildman–Crippen LogP) is 3.12. The van der Waals surface area contributed by atoms with Crippen LogP contribution in [0.25, 0.3) is 6.08 Å². The monoisotopic (exact) mass is 368 g/mol. The summed E-state index contributed by atoms with van der Waals surface area (Å²) < 4.78 is 10.7. The van der Waals surface area contributed by atoms with Crippen molar-refractivity contribution in [3.63, 3.8) is 0 Å². The molecule has 0 radical (unpaired) electrons. The number of amidine groups is 1. The molecule has 0 saturated heterocycles. The van der Waals surface area contributed by atoms with Gasteiger partial charge in [-0.3, -0.25) is 10.9 Å². The number of ether oxygens (including phenoxy) is 2. The van der Waals surface area contributed by atoms with E-state index in [-0.39, 0.29) is 0 Å². The van der Waals surface area contributed by atoms with Crippen molar-refractivity contribution in [3.05, 3.63) is 59.8 Å². The van der Waals surface area contributed by atoms with Gasteiger partial charge < -0.3 is 14.8 Å². The lowest BCUT2D eigenvalue weighted by Gasteiger charge is -2.15. The largest absolute Gasteiger partial charge is 0.493 e. The van der Waals surface area contributed by atoms with E-state index in [1.54, 1.807) is 20.4 Å². The minimum atomic E-state index is 0.458. The van der Waals surface area contributed by atoms with Crippen molar-refractivity contribution in [2.75, 3.05) is 19.5 Å². The number of hydrogen-bond acceptors (Lipinski definition) is 5. The first kappa shape index (κ1) is 17.8. The topological polar surface area (TPSA) is 66.9 Å². The van der Waals surface area contributed by atoms with E-state index in [1.165, 1.54) is 0 Å². The summed E-state index contributed by atoms with van der Waals surface area (Å²) in [6.45, 7) is 0. The number of benzene rings is 2. The first-order valence-corrected chi connectivity index (χ1v) is 8.46. The van der Waals surface area contributed by atoms with E-state index >= 15 is 0 Å². The molecule has 0 saturated carbocycles. The highest BCUT2D eigenvalue weighted by atomic mass is 32.1. The van der Waals surface area contributed by atoms with E-state index in [9.17, 15) is 0 Å². The molecule has 6 nitrogen and oxygen atoms in total. The van der Waals surface area contributed by atoms with E-state index in [1.807, 2.05) is 48.5 Å². The zero-order chi connectivity index (χ0) is 18.4. The molecule has 0 atom stereocenters. The zero-order valence-electron chi connectivity index (χ0n) is 14.6. The lowest BCUT2D eigenvalue weighted by Crippen LogP contribution is -2.44. The lowest BCUT2D eigenvalue weighted by molar-refractivity contribution is 0.354. The number of aliphatic imine (C=N–C) groups is 1. The molecule has 0 amide bonds. The van der Waals surface area contributed by atoms with Crippen LogP contribution in [0.4, 0.5) is 5.69 Å². The average Bonchev–Trinajstić information content (AvgIpc) is 2.87. The normalized spacial score (nSPS) is 12.3. The molecule has 134 valence electrons. The third kappa shape index (κ3) is 4.31. The second kappa shape index (κ2) is 8.35. The Kier molecular flexibility index (Phi) is 5.70. The maximum absolute atomic E-state index is 5.39. The summed E-state index contributed by atoms with van der Waals surface area (Å²) in [5.41, 5.74) is 9.05. The van der Waals surface area contributed by atoms with E-state index in [0.717, 1.165) is 22.6 Å². The Hall–Kier alpha value is -3.06. The maximum atomic E-state index is 5.39. The number of anilines is 1. The molecule has 2 aromatic rings. The van der Waals surface area contributed by atoms with Gasteiger partial charge in [-0.05, 0) is 53.7 Å². The van der Waals surface area contributed by atoms with Gasteiger partial charge in [0.05, 0.1) is 14.2 Å². The van der Waals surface area contributed by atoms with Gasteiger partial charge in [0.1, 0.15) is 5.84 Å². The summed E-state index contributed by atoms with van der Waals surface area (Å²) in [6, 6.07) is 13.6. The highest BCUT2D eigenvalue weighted by Crippen LogP contribution is 2.32. The van der Waals surface area contributed by atoms with E-state index in [4.69, 9.17) is 21.7 Å². The Bertz CT molecular complexity index is 850. The summed E-state index contributed by atoms with van der Waals surface area (Å²) in [5, 5.41) is 3.56. The zero-order valence-corrected chi connectivity index (χ0v) is 15.4. The van der Waals surface area contributed by atoms with Gasteiger partial charge in [-0.1, -0.05) is 18.2 Å². The number of hydrazine groups is 1. The number of methoxy groups -OCH3 is 2. The van der Waals surface area contributed by atoms with Crippen molar-refractivity contribution in [1.82, 2.24) is 10.9 Å².